The van der Waals surface area contributed by atoms with Crippen LogP contribution in [-0.4, -0.2) is 20.7 Å². The maximum atomic E-state index is 13.4. The van der Waals surface area contributed by atoms with Crippen molar-refractivity contribution < 1.29 is 13.6 Å². The highest BCUT2D eigenvalue weighted by Crippen LogP contribution is 2.19. The Morgan fingerprint density at radius 2 is 1.93 bits per heavy atom. The van der Waals surface area contributed by atoms with Gasteiger partial charge in [-0.2, -0.15) is 5.10 Å². The van der Waals surface area contributed by atoms with Gasteiger partial charge in [-0.05, 0) is 43.8 Å². The van der Waals surface area contributed by atoms with Crippen LogP contribution in [0.5, 0.6) is 0 Å². The molecule has 140 valence electrons. The molecule has 0 aliphatic rings. The Labute approximate surface area is 160 Å². The number of carbonyl (C=O) groups excluding carboxylic acids is 1. The number of nitrogens with one attached hydrogen (secondary N) is 2. The summed E-state index contributed by atoms with van der Waals surface area (Å²) < 4.78 is 28.4. The second-order valence-corrected chi connectivity index (χ2v) is 6.65. The normalized spacial score (nSPS) is 12.0. The third-order valence-electron chi connectivity index (χ3n) is 4.19. The zero-order valence-electron chi connectivity index (χ0n) is 14.8. The van der Waals surface area contributed by atoms with Gasteiger partial charge in [0.25, 0.3) is 0 Å². The van der Waals surface area contributed by atoms with E-state index in [4.69, 9.17) is 12.2 Å². The van der Waals surface area contributed by atoms with Gasteiger partial charge in [0.05, 0.1) is 6.04 Å². The molecule has 27 heavy (non-hydrogen) atoms. The van der Waals surface area contributed by atoms with Gasteiger partial charge >= 0.3 is 0 Å². The maximum absolute atomic E-state index is 13.4. The molecule has 0 aliphatic heterocycles. The lowest BCUT2D eigenvalue weighted by atomic mass is 10.1. The predicted molar refractivity (Wildman–Crippen MR) is 101 cm³/mol. The van der Waals surface area contributed by atoms with E-state index in [1.807, 2.05) is 31.2 Å². The monoisotopic (exact) mass is 388 g/mol. The van der Waals surface area contributed by atoms with Crippen molar-refractivity contribution in [3.05, 3.63) is 70.0 Å². The molecule has 0 radical (unpaired) electrons. The van der Waals surface area contributed by atoms with E-state index in [1.54, 1.807) is 11.5 Å². The number of carbonyl (C=O) groups is 1. The molecule has 0 bridgehead atoms. The minimum absolute atomic E-state index is 0.0490. The topological polar surface area (TPSA) is 62.7 Å². The highest BCUT2D eigenvalue weighted by Gasteiger charge is 2.15. The molecular weight excluding hydrogens is 370 g/mol. The molecule has 0 aliphatic carbocycles. The molecule has 0 unspecified atom stereocenters. The zero-order chi connectivity index (χ0) is 19.6. The Hall–Kier alpha value is -2.87. The molecule has 0 saturated heterocycles. The Morgan fingerprint density at radius 3 is 2.59 bits per heavy atom. The molecule has 5 nitrogen and oxygen atoms in total. The van der Waals surface area contributed by atoms with Crippen LogP contribution in [0.4, 0.5) is 8.78 Å². The molecule has 3 rings (SSSR count). The third-order valence-corrected chi connectivity index (χ3v) is 4.50. The number of aromatic nitrogens is 3. The summed E-state index contributed by atoms with van der Waals surface area (Å²) in [5.74, 6) is -1.65. The van der Waals surface area contributed by atoms with E-state index in [1.165, 1.54) is 6.07 Å². The lowest BCUT2D eigenvalue weighted by Crippen LogP contribution is -2.30. The summed E-state index contributed by atoms with van der Waals surface area (Å²) in [7, 11) is 0. The average molecular weight is 388 g/mol. The Morgan fingerprint density at radius 1 is 1.22 bits per heavy atom. The first-order valence-corrected chi connectivity index (χ1v) is 8.72. The molecular formula is C19H18F2N4OS. The summed E-state index contributed by atoms with van der Waals surface area (Å²) in [6.07, 6.45) is 0. The predicted octanol–water partition coefficient (Wildman–Crippen LogP) is 4.07. The zero-order valence-corrected chi connectivity index (χ0v) is 15.6. The number of aryl methyl sites for hydroxylation is 1. The van der Waals surface area contributed by atoms with Crippen molar-refractivity contribution in [1.82, 2.24) is 20.1 Å². The molecule has 1 heterocycles. The molecule has 0 spiro atoms. The van der Waals surface area contributed by atoms with Gasteiger partial charge in [-0.25, -0.2) is 8.78 Å². The highest BCUT2D eigenvalue weighted by atomic mass is 32.1. The average Bonchev–Trinajstić information content (AvgIpc) is 2.98. The second-order valence-electron chi connectivity index (χ2n) is 6.27. The number of nitrogens with zero attached hydrogens (tertiary/aromatic N) is 2. The Bertz CT molecular complexity index is 1030. The number of H-pyrrole nitrogens is 1. The first-order chi connectivity index (χ1) is 12.8. The smallest absolute Gasteiger partial charge is 0.240 e. The van der Waals surface area contributed by atoms with Crippen LogP contribution in [0.15, 0.2) is 42.5 Å². The van der Waals surface area contributed by atoms with Crippen molar-refractivity contribution in [3.63, 3.8) is 0 Å². The van der Waals surface area contributed by atoms with E-state index in [9.17, 15) is 13.6 Å². The van der Waals surface area contributed by atoms with E-state index in [0.717, 1.165) is 23.3 Å². The quantitative estimate of drug-likeness (QED) is 0.648. The lowest BCUT2D eigenvalue weighted by Gasteiger charge is -2.15. The van der Waals surface area contributed by atoms with E-state index in [2.05, 4.69) is 15.5 Å². The maximum Gasteiger partial charge on any atom is 0.240 e. The minimum Gasteiger partial charge on any atom is -0.348 e. The third kappa shape index (κ3) is 4.28. The fourth-order valence-corrected chi connectivity index (χ4v) is 2.88. The van der Waals surface area contributed by atoms with Crippen molar-refractivity contribution >= 4 is 18.1 Å². The SMILES string of the molecule is Cc1ccc(-c2n[nH]c(=S)n2CC(=O)N[C@@H](C)c2ccc(F)c(F)c2)cc1. The van der Waals surface area contributed by atoms with Gasteiger partial charge in [-0.3, -0.25) is 14.5 Å². The van der Waals surface area contributed by atoms with E-state index in [-0.39, 0.29) is 12.5 Å². The highest BCUT2D eigenvalue weighted by molar-refractivity contribution is 7.71. The lowest BCUT2D eigenvalue weighted by molar-refractivity contribution is -0.122. The minimum atomic E-state index is -0.952. The van der Waals surface area contributed by atoms with Crippen molar-refractivity contribution in [2.24, 2.45) is 0 Å². The van der Waals surface area contributed by atoms with Crippen molar-refractivity contribution in [2.45, 2.75) is 26.4 Å². The van der Waals surface area contributed by atoms with Crippen LogP contribution in [0.2, 0.25) is 0 Å². The van der Waals surface area contributed by atoms with Crippen LogP contribution in [0.25, 0.3) is 11.4 Å². The van der Waals surface area contributed by atoms with Crippen molar-refractivity contribution in [2.75, 3.05) is 0 Å². The summed E-state index contributed by atoms with van der Waals surface area (Å²) in [4.78, 5) is 12.4. The summed E-state index contributed by atoms with van der Waals surface area (Å²) in [6, 6.07) is 10.8. The standard InChI is InChI=1S/C19H18F2N4OS/c1-11-3-5-13(6-4-11)18-23-24-19(27)25(18)10-17(26)22-12(2)14-7-8-15(20)16(21)9-14/h3-9,12H,10H2,1-2H3,(H,22,26)(H,24,27)/t12-/m0/s1. The number of rotatable bonds is 5. The van der Waals surface area contributed by atoms with E-state index < -0.39 is 17.7 Å². The van der Waals surface area contributed by atoms with Gasteiger partial charge in [0, 0.05) is 5.56 Å². The first kappa shape index (κ1) is 18.9. The van der Waals surface area contributed by atoms with Crippen LogP contribution in [0, 0.1) is 23.3 Å². The number of hydrogen-bond donors (Lipinski definition) is 2. The van der Waals surface area contributed by atoms with Gasteiger partial charge in [-0.1, -0.05) is 35.9 Å². The van der Waals surface area contributed by atoms with Crippen LogP contribution in [-0.2, 0) is 11.3 Å². The van der Waals surface area contributed by atoms with Crippen LogP contribution in [0.1, 0.15) is 24.1 Å². The summed E-state index contributed by atoms with van der Waals surface area (Å²) in [5.41, 5.74) is 2.41. The molecule has 1 amide bonds. The summed E-state index contributed by atoms with van der Waals surface area (Å²) >= 11 is 5.23. The molecule has 0 fully saturated rings. The van der Waals surface area contributed by atoms with Gasteiger partial charge in [0.1, 0.15) is 6.54 Å². The number of aromatic amines is 1. The van der Waals surface area contributed by atoms with Gasteiger partial charge < -0.3 is 5.32 Å². The largest absolute Gasteiger partial charge is 0.348 e. The van der Waals surface area contributed by atoms with Crippen LogP contribution >= 0.6 is 12.2 Å². The Balaban J connectivity index is 1.76. The fourth-order valence-electron chi connectivity index (χ4n) is 2.68. The fraction of sp³-hybridized carbons (Fsp3) is 0.211. The first-order valence-electron chi connectivity index (χ1n) is 8.31. The molecule has 0 saturated carbocycles. The summed E-state index contributed by atoms with van der Waals surface area (Å²) in [6.45, 7) is 3.63. The second kappa shape index (κ2) is 7.79. The van der Waals surface area contributed by atoms with Crippen molar-refractivity contribution in [3.8, 4) is 11.4 Å². The molecule has 2 aromatic carbocycles. The number of hydrogen-bond acceptors (Lipinski definition) is 3. The number of amides is 1. The van der Waals surface area contributed by atoms with Gasteiger partial charge in [-0.15, -0.1) is 0 Å². The summed E-state index contributed by atoms with van der Waals surface area (Å²) in [5, 5.41) is 9.66. The Kier molecular flexibility index (Phi) is 5.46. The van der Waals surface area contributed by atoms with E-state index >= 15 is 0 Å². The van der Waals surface area contributed by atoms with E-state index in [0.29, 0.717) is 16.2 Å². The molecule has 1 atom stereocenters. The molecule has 2 N–H and O–H groups in total. The molecule has 1 aromatic heterocycles. The van der Waals surface area contributed by atoms with Crippen molar-refractivity contribution in [1.29, 1.82) is 0 Å². The van der Waals surface area contributed by atoms with Crippen LogP contribution < -0.4 is 5.32 Å². The van der Waals surface area contributed by atoms with Gasteiger partial charge in [0.2, 0.25) is 5.91 Å². The molecule has 3 aromatic rings. The van der Waals surface area contributed by atoms with Crippen LogP contribution in [0.3, 0.4) is 0 Å². The molecule has 8 heteroatoms. The van der Waals surface area contributed by atoms with Gasteiger partial charge in [0.15, 0.2) is 22.2 Å². The number of halogens is 2. The number of benzene rings is 2.